The molecule has 0 radical (unpaired) electrons. The molecule has 0 saturated carbocycles. The molecule has 0 unspecified atom stereocenters. The Hall–Kier alpha value is -3.96. The number of alkyl carbamates (subject to hydrolysis) is 1. The fraction of sp³-hybridized carbons (Fsp3) is 0.375. The first kappa shape index (κ1) is 26.6. The molecule has 12 heteroatoms. The van der Waals surface area contributed by atoms with Crippen molar-refractivity contribution >= 4 is 6.09 Å². The Balaban J connectivity index is 1.72. The van der Waals surface area contributed by atoms with E-state index < -0.39 is 24.5 Å². The fourth-order valence-electron chi connectivity index (χ4n) is 2.96. The van der Waals surface area contributed by atoms with E-state index in [0.717, 1.165) is 0 Å². The standard InChI is InChI=1S/C24H27F3N4O5/c1-23(2,3)36-22(32)28-11-12-34-18-8-5-16(6-9-18)19-13-21(35-15-24(25,26)27)30-31(19)17-7-10-20(33-4)29-14-17/h5-10,13-14H,11-12,15H2,1-4H3,(H,28,32). The van der Waals surface area contributed by atoms with Crippen molar-refractivity contribution in [3.05, 3.63) is 48.7 Å². The minimum atomic E-state index is -4.50. The second kappa shape index (κ2) is 11.2. The number of alkyl halides is 3. The predicted molar refractivity (Wildman–Crippen MR) is 125 cm³/mol. The lowest BCUT2D eigenvalue weighted by Crippen LogP contribution is -2.34. The molecule has 0 aliphatic carbocycles. The summed E-state index contributed by atoms with van der Waals surface area (Å²) in [7, 11) is 1.47. The van der Waals surface area contributed by atoms with E-state index in [0.29, 0.717) is 28.6 Å². The Morgan fingerprint density at radius 3 is 2.33 bits per heavy atom. The van der Waals surface area contributed by atoms with Crippen LogP contribution in [0.3, 0.4) is 0 Å². The molecule has 0 fully saturated rings. The zero-order valence-electron chi connectivity index (χ0n) is 20.3. The van der Waals surface area contributed by atoms with Crippen LogP contribution in [0.15, 0.2) is 48.7 Å². The molecule has 0 aliphatic rings. The molecule has 2 aromatic heterocycles. The van der Waals surface area contributed by atoms with Gasteiger partial charge in [-0.3, -0.25) is 0 Å². The summed E-state index contributed by atoms with van der Waals surface area (Å²) in [4.78, 5) is 15.8. The maximum absolute atomic E-state index is 12.6. The van der Waals surface area contributed by atoms with Crippen molar-refractivity contribution in [3.8, 4) is 34.5 Å². The molecule has 36 heavy (non-hydrogen) atoms. The summed E-state index contributed by atoms with van der Waals surface area (Å²) in [6.07, 6.45) is -3.55. The Morgan fingerprint density at radius 1 is 1.03 bits per heavy atom. The van der Waals surface area contributed by atoms with E-state index in [1.165, 1.54) is 24.1 Å². The van der Waals surface area contributed by atoms with E-state index in [2.05, 4.69) is 15.4 Å². The van der Waals surface area contributed by atoms with Crippen molar-refractivity contribution in [1.29, 1.82) is 0 Å². The highest BCUT2D eigenvalue weighted by Gasteiger charge is 2.29. The van der Waals surface area contributed by atoms with Crippen LogP contribution in [0.5, 0.6) is 17.5 Å². The SMILES string of the molecule is COc1ccc(-n2nc(OCC(F)(F)F)cc2-c2ccc(OCCNC(=O)OC(C)(C)C)cc2)cn1. The molecule has 0 bridgehead atoms. The number of methoxy groups -OCH3 is 1. The normalized spacial score (nSPS) is 11.6. The number of rotatable bonds is 9. The van der Waals surface area contributed by atoms with Gasteiger partial charge in [0.15, 0.2) is 6.61 Å². The van der Waals surface area contributed by atoms with Crippen LogP contribution in [0.1, 0.15) is 20.8 Å². The number of pyridine rings is 1. The van der Waals surface area contributed by atoms with Gasteiger partial charge in [0.05, 0.1) is 31.2 Å². The van der Waals surface area contributed by atoms with Gasteiger partial charge >= 0.3 is 12.3 Å². The lowest BCUT2D eigenvalue weighted by atomic mass is 10.1. The molecule has 0 spiro atoms. The van der Waals surface area contributed by atoms with Crippen molar-refractivity contribution in [3.63, 3.8) is 0 Å². The Bertz CT molecular complexity index is 1140. The van der Waals surface area contributed by atoms with Gasteiger partial charge in [0.2, 0.25) is 11.8 Å². The van der Waals surface area contributed by atoms with Crippen molar-refractivity contribution in [2.24, 2.45) is 0 Å². The zero-order chi connectivity index (χ0) is 26.3. The zero-order valence-corrected chi connectivity index (χ0v) is 20.3. The molecule has 0 saturated heterocycles. The number of carbonyl (C=O) groups is 1. The molecule has 2 heterocycles. The second-order valence-electron chi connectivity index (χ2n) is 8.54. The van der Waals surface area contributed by atoms with Crippen molar-refractivity contribution in [2.45, 2.75) is 32.5 Å². The highest BCUT2D eigenvalue weighted by molar-refractivity contribution is 5.67. The van der Waals surface area contributed by atoms with Crippen molar-refractivity contribution < 1.29 is 36.9 Å². The predicted octanol–water partition coefficient (Wildman–Crippen LogP) is 4.79. The molecule has 1 N–H and O–H groups in total. The summed E-state index contributed by atoms with van der Waals surface area (Å²) in [6, 6.07) is 11.6. The monoisotopic (exact) mass is 508 g/mol. The topological polar surface area (TPSA) is 96.7 Å². The molecule has 1 amide bonds. The molecule has 3 rings (SSSR count). The lowest BCUT2D eigenvalue weighted by Gasteiger charge is -2.19. The molecule has 194 valence electrons. The Morgan fingerprint density at radius 2 is 1.75 bits per heavy atom. The maximum atomic E-state index is 12.6. The molecular weight excluding hydrogens is 481 g/mol. The maximum Gasteiger partial charge on any atom is 0.422 e. The first-order valence-corrected chi connectivity index (χ1v) is 10.9. The summed E-state index contributed by atoms with van der Waals surface area (Å²) in [5, 5.41) is 6.77. The highest BCUT2D eigenvalue weighted by atomic mass is 19.4. The summed E-state index contributed by atoms with van der Waals surface area (Å²) in [5.41, 5.74) is 1.05. The summed E-state index contributed by atoms with van der Waals surface area (Å²) in [5.74, 6) is 0.728. The molecule has 0 aliphatic heterocycles. The van der Waals surface area contributed by atoms with Gasteiger partial charge in [-0.1, -0.05) is 0 Å². The van der Waals surface area contributed by atoms with Gasteiger partial charge in [0.1, 0.15) is 18.0 Å². The third-order valence-electron chi connectivity index (χ3n) is 4.43. The van der Waals surface area contributed by atoms with Crippen LogP contribution in [0, 0.1) is 0 Å². The molecule has 3 aromatic rings. The molecule has 9 nitrogen and oxygen atoms in total. The number of hydrogen-bond acceptors (Lipinski definition) is 7. The van der Waals surface area contributed by atoms with Crippen molar-refractivity contribution in [2.75, 3.05) is 26.9 Å². The summed E-state index contributed by atoms with van der Waals surface area (Å²) < 4.78 is 60.0. The van der Waals surface area contributed by atoms with E-state index in [1.807, 2.05) is 0 Å². The van der Waals surface area contributed by atoms with Gasteiger partial charge in [-0.2, -0.15) is 13.2 Å². The van der Waals surface area contributed by atoms with Crippen LogP contribution >= 0.6 is 0 Å². The number of ether oxygens (including phenoxy) is 4. The molecular formula is C24H27F3N4O5. The van der Waals surface area contributed by atoms with Crippen LogP contribution in [0.25, 0.3) is 16.9 Å². The van der Waals surface area contributed by atoms with Crippen molar-refractivity contribution in [1.82, 2.24) is 20.1 Å². The lowest BCUT2D eigenvalue weighted by molar-refractivity contribution is -0.154. The second-order valence-corrected chi connectivity index (χ2v) is 8.54. The van der Waals surface area contributed by atoms with Gasteiger partial charge < -0.3 is 24.3 Å². The molecule has 1 aromatic carbocycles. The number of aromatic nitrogens is 3. The number of nitrogens with zero attached hydrogens (tertiary/aromatic N) is 3. The summed E-state index contributed by atoms with van der Waals surface area (Å²) in [6.45, 7) is 4.30. The van der Waals surface area contributed by atoms with E-state index in [-0.39, 0.29) is 19.0 Å². The largest absolute Gasteiger partial charge is 0.492 e. The van der Waals surface area contributed by atoms with Crippen LogP contribution in [-0.4, -0.2) is 59.5 Å². The summed E-state index contributed by atoms with van der Waals surface area (Å²) >= 11 is 0. The first-order valence-electron chi connectivity index (χ1n) is 10.9. The van der Waals surface area contributed by atoms with Crippen LogP contribution in [-0.2, 0) is 4.74 Å². The van der Waals surface area contributed by atoms with Crippen LogP contribution in [0.2, 0.25) is 0 Å². The van der Waals surface area contributed by atoms with E-state index in [9.17, 15) is 18.0 Å². The number of hydrogen-bond donors (Lipinski definition) is 1. The van der Waals surface area contributed by atoms with Gasteiger partial charge in [-0.15, -0.1) is 5.10 Å². The number of halogens is 3. The number of benzene rings is 1. The third kappa shape index (κ3) is 8.07. The third-order valence-corrected chi connectivity index (χ3v) is 4.43. The number of nitrogens with one attached hydrogen (secondary N) is 1. The minimum Gasteiger partial charge on any atom is -0.492 e. The van der Waals surface area contributed by atoms with E-state index in [1.54, 1.807) is 57.2 Å². The van der Waals surface area contributed by atoms with Gasteiger partial charge in [-0.25, -0.2) is 14.5 Å². The smallest absolute Gasteiger partial charge is 0.422 e. The van der Waals surface area contributed by atoms with Gasteiger partial charge in [0, 0.05) is 17.7 Å². The quantitative estimate of drug-likeness (QED) is 0.415. The average Bonchev–Trinajstić information content (AvgIpc) is 3.24. The number of carbonyl (C=O) groups excluding carboxylic acids is 1. The van der Waals surface area contributed by atoms with Crippen LogP contribution < -0.4 is 19.5 Å². The highest BCUT2D eigenvalue weighted by Crippen LogP contribution is 2.29. The van der Waals surface area contributed by atoms with E-state index in [4.69, 9.17) is 18.9 Å². The van der Waals surface area contributed by atoms with E-state index >= 15 is 0 Å². The molecule has 0 atom stereocenters. The van der Waals surface area contributed by atoms with Gasteiger partial charge in [0.25, 0.3) is 0 Å². The fourth-order valence-corrected chi connectivity index (χ4v) is 2.96. The minimum absolute atomic E-state index is 0.188. The average molecular weight is 508 g/mol. The van der Waals surface area contributed by atoms with Gasteiger partial charge in [-0.05, 0) is 51.1 Å². The Kier molecular flexibility index (Phi) is 8.28. The number of amides is 1. The first-order chi connectivity index (χ1) is 16.9. The Labute approximate surface area is 206 Å². The van der Waals surface area contributed by atoms with Crippen LogP contribution in [0.4, 0.5) is 18.0 Å².